The lowest BCUT2D eigenvalue weighted by molar-refractivity contribution is -0.125. The maximum absolute atomic E-state index is 13.3. The molecule has 1 saturated heterocycles. The third-order valence-corrected chi connectivity index (χ3v) is 5.29. The lowest BCUT2D eigenvalue weighted by atomic mass is 9.78. The van der Waals surface area contributed by atoms with Gasteiger partial charge in [0.2, 0.25) is 11.8 Å². The Balaban J connectivity index is 1.74. The Morgan fingerprint density at radius 2 is 2.13 bits per heavy atom. The molecule has 1 aliphatic heterocycles. The van der Waals surface area contributed by atoms with Crippen molar-refractivity contribution in [1.82, 2.24) is 10.6 Å². The topological polar surface area (TPSA) is 58.2 Å². The van der Waals surface area contributed by atoms with Gasteiger partial charge in [0.05, 0.1) is 0 Å². The number of nitrogens with one attached hydrogen (secondary N) is 2. The van der Waals surface area contributed by atoms with Crippen LogP contribution in [-0.4, -0.2) is 24.4 Å². The molecule has 3 rings (SSSR count). The van der Waals surface area contributed by atoms with E-state index in [1.165, 1.54) is 12.1 Å². The van der Waals surface area contributed by atoms with Gasteiger partial charge in [0.25, 0.3) is 0 Å². The minimum Gasteiger partial charge on any atom is -0.353 e. The Morgan fingerprint density at radius 3 is 2.74 bits per heavy atom. The van der Waals surface area contributed by atoms with Crippen LogP contribution >= 0.6 is 11.6 Å². The zero-order valence-corrected chi connectivity index (χ0v) is 13.6. The van der Waals surface area contributed by atoms with Gasteiger partial charge < -0.3 is 10.6 Å². The average Bonchev–Trinajstić information content (AvgIpc) is 3.15. The lowest BCUT2D eigenvalue weighted by Crippen LogP contribution is -2.46. The predicted octanol–water partition coefficient (Wildman–Crippen LogP) is 2.69. The monoisotopic (exact) mass is 338 g/mol. The zero-order valence-electron chi connectivity index (χ0n) is 12.8. The number of amides is 2. The number of carbonyl (C=O) groups is 2. The SMILES string of the molecule is O=C1CC[C@H](C(=O)NCC2(c3ccc(F)cc3Cl)CCCC2)N1. The van der Waals surface area contributed by atoms with E-state index >= 15 is 0 Å². The van der Waals surface area contributed by atoms with E-state index in [0.717, 1.165) is 31.2 Å². The summed E-state index contributed by atoms with van der Waals surface area (Å²) in [6.07, 6.45) is 4.88. The van der Waals surface area contributed by atoms with E-state index < -0.39 is 6.04 Å². The van der Waals surface area contributed by atoms with Crippen molar-refractivity contribution < 1.29 is 14.0 Å². The van der Waals surface area contributed by atoms with Gasteiger partial charge in [0.15, 0.2) is 0 Å². The molecule has 124 valence electrons. The molecule has 0 unspecified atom stereocenters. The average molecular weight is 339 g/mol. The molecule has 2 amide bonds. The minimum atomic E-state index is -0.440. The summed E-state index contributed by atoms with van der Waals surface area (Å²) in [6, 6.07) is 4.03. The van der Waals surface area contributed by atoms with Crippen molar-refractivity contribution in [2.24, 2.45) is 0 Å². The Hall–Kier alpha value is -1.62. The van der Waals surface area contributed by atoms with E-state index in [0.29, 0.717) is 24.4 Å². The van der Waals surface area contributed by atoms with E-state index in [2.05, 4.69) is 10.6 Å². The third-order valence-electron chi connectivity index (χ3n) is 4.98. The molecule has 1 saturated carbocycles. The molecular weight excluding hydrogens is 319 g/mol. The molecule has 2 fully saturated rings. The van der Waals surface area contributed by atoms with Gasteiger partial charge in [-0.25, -0.2) is 4.39 Å². The number of hydrogen-bond acceptors (Lipinski definition) is 2. The summed E-state index contributed by atoms with van der Waals surface area (Å²) in [5, 5.41) is 6.05. The predicted molar refractivity (Wildman–Crippen MR) is 85.7 cm³/mol. The van der Waals surface area contributed by atoms with Gasteiger partial charge in [-0.05, 0) is 37.0 Å². The van der Waals surface area contributed by atoms with Gasteiger partial charge in [-0.15, -0.1) is 0 Å². The largest absolute Gasteiger partial charge is 0.353 e. The Kier molecular flexibility index (Phi) is 4.57. The van der Waals surface area contributed by atoms with Crippen LogP contribution in [0.4, 0.5) is 4.39 Å². The summed E-state index contributed by atoms with van der Waals surface area (Å²) < 4.78 is 13.3. The van der Waals surface area contributed by atoms with Crippen LogP contribution in [0.3, 0.4) is 0 Å². The fourth-order valence-corrected chi connectivity index (χ4v) is 4.07. The second kappa shape index (κ2) is 6.48. The van der Waals surface area contributed by atoms with Crippen LogP contribution in [0.25, 0.3) is 0 Å². The van der Waals surface area contributed by atoms with E-state index in [9.17, 15) is 14.0 Å². The highest BCUT2D eigenvalue weighted by molar-refractivity contribution is 6.31. The van der Waals surface area contributed by atoms with Gasteiger partial charge in [-0.3, -0.25) is 9.59 Å². The molecule has 1 aromatic carbocycles. The molecule has 4 nitrogen and oxygen atoms in total. The standard InChI is InChI=1S/C17H20ClFN2O2/c18-13-9-11(19)3-4-12(13)17(7-1-2-8-17)10-20-16(23)14-5-6-15(22)21-14/h3-4,9,14H,1-2,5-8,10H2,(H,20,23)(H,21,22)/t14-/m1/s1. The zero-order chi connectivity index (χ0) is 16.4. The number of halogens is 2. The first-order valence-electron chi connectivity index (χ1n) is 8.03. The van der Waals surface area contributed by atoms with Gasteiger partial charge in [-0.1, -0.05) is 30.5 Å². The van der Waals surface area contributed by atoms with Crippen molar-refractivity contribution in [1.29, 1.82) is 0 Å². The smallest absolute Gasteiger partial charge is 0.242 e. The molecule has 6 heteroatoms. The maximum atomic E-state index is 13.3. The van der Waals surface area contributed by atoms with E-state index in [1.54, 1.807) is 6.07 Å². The molecule has 0 aromatic heterocycles. The van der Waals surface area contributed by atoms with Crippen molar-refractivity contribution >= 4 is 23.4 Å². The van der Waals surface area contributed by atoms with Gasteiger partial charge >= 0.3 is 0 Å². The molecule has 23 heavy (non-hydrogen) atoms. The van der Waals surface area contributed by atoms with Crippen LogP contribution in [0, 0.1) is 5.82 Å². The third kappa shape index (κ3) is 3.34. The number of hydrogen-bond donors (Lipinski definition) is 2. The summed E-state index contributed by atoms with van der Waals surface area (Å²) in [5.74, 6) is -0.590. The van der Waals surface area contributed by atoms with Crippen LogP contribution in [0.15, 0.2) is 18.2 Å². The van der Waals surface area contributed by atoms with Gasteiger partial charge in [0, 0.05) is 23.4 Å². The fraction of sp³-hybridized carbons (Fsp3) is 0.529. The fourth-order valence-electron chi connectivity index (χ4n) is 3.70. The molecule has 1 heterocycles. The van der Waals surface area contributed by atoms with Crippen LogP contribution in [-0.2, 0) is 15.0 Å². The first kappa shape index (κ1) is 16.2. The van der Waals surface area contributed by atoms with Crippen LogP contribution in [0.1, 0.15) is 44.1 Å². The van der Waals surface area contributed by atoms with E-state index in [4.69, 9.17) is 11.6 Å². The summed E-state index contributed by atoms with van der Waals surface area (Å²) in [7, 11) is 0. The van der Waals surface area contributed by atoms with Gasteiger partial charge in [-0.2, -0.15) is 0 Å². The highest BCUT2D eigenvalue weighted by atomic mass is 35.5. The van der Waals surface area contributed by atoms with E-state index in [-0.39, 0.29) is 23.0 Å². The molecule has 2 aliphatic rings. The minimum absolute atomic E-state index is 0.0812. The molecule has 1 aliphatic carbocycles. The first-order valence-corrected chi connectivity index (χ1v) is 8.41. The molecule has 1 atom stereocenters. The summed E-state index contributed by atoms with van der Waals surface area (Å²) in [5.41, 5.74) is 0.650. The second-order valence-electron chi connectivity index (χ2n) is 6.49. The summed E-state index contributed by atoms with van der Waals surface area (Å²) in [4.78, 5) is 23.5. The van der Waals surface area contributed by atoms with Crippen molar-refractivity contribution in [2.45, 2.75) is 50.0 Å². The Morgan fingerprint density at radius 1 is 1.39 bits per heavy atom. The molecule has 0 bridgehead atoms. The summed E-state index contributed by atoms with van der Waals surface area (Å²) in [6.45, 7) is 0.462. The lowest BCUT2D eigenvalue weighted by Gasteiger charge is -2.31. The molecule has 0 radical (unpaired) electrons. The quantitative estimate of drug-likeness (QED) is 0.886. The van der Waals surface area contributed by atoms with E-state index in [1.807, 2.05) is 0 Å². The molecule has 1 aromatic rings. The molecule has 0 spiro atoms. The van der Waals surface area contributed by atoms with Crippen LogP contribution in [0.5, 0.6) is 0 Å². The molecular formula is C17H20ClFN2O2. The molecule has 2 N–H and O–H groups in total. The number of benzene rings is 1. The maximum Gasteiger partial charge on any atom is 0.242 e. The summed E-state index contributed by atoms with van der Waals surface area (Å²) >= 11 is 6.25. The number of carbonyl (C=O) groups excluding carboxylic acids is 2. The van der Waals surface area contributed by atoms with Crippen molar-refractivity contribution in [2.75, 3.05) is 6.54 Å². The second-order valence-corrected chi connectivity index (χ2v) is 6.90. The Bertz CT molecular complexity index is 629. The van der Waals surface area contributed by atoms with Gasteiger partial charge in [0.1, 0.15) is 11.9 Å². The van der Waals surface area contributed by atoms with Crippen molar-refractivity contribution in [3.05, 3.63) is 34.6 Å². The van der Waals surface area contributed by atoms with Crippen molar-refractivity contribution in [3.8, 4) is 0 Å². The normalized spacial score (nSPS) is 22.9. The highest BCUT2D eigenvalue weighted by Gasteiger charge is 2.38. The number of rotatable bonds is 4. The van der Waals surface area contributed by atoms with Crippen molar-refractivity contribution in [3.63, 3.8) is 0 Å². The highest BCUT2D eigenvalue weighted by Crippen LogP contribution is 2.43. The first-order chi connectivity index (χ1) is 11.0. The van der Waals surface area contributed by atoms with Crippen LogP contribution in [0.2, 0.25) is 5.02 Å². The van der Waals surface area contributed by atoms with Crippen LogP contribution < -0.4 is 10.6 Å². The Labute approximate surface area is 139 Å².